The van der Waals surface area contributed by atoms with E-state index < -0.39 is 11.7 Å². The van der Waals surface area contributed by atoms with Crippen molar-refractivity contribution in [1.82, 2.24) is 0 Å². The lowest BCUT2D eigenvalue weighted by atomic mass is 9.79. The van der Waals surface area contributed by atoms with Crippen molar-refractivity contribution in [2.45, 2.75) is 31.6 Å². The van der Waals surface area contributed by atoms with Crippen molar-refractivity contribution in [3.63, 3.8) is 0 Å². The lowest BCUT2D eigenvalue weighted by molar-refractivity contribution is -0.124. The quantitative estimate of drug-likeness (QED) is 0.841. The van der Waals surface area contributed by atoms with Crippen LogP contribution in [0.25, 0.3) is 0 Å². The Morgan fingerprint density at radius 2 is 2.20 bits per heavy atom. The predicted molar refractivity (Wildman–Crippen MR) is 73.7 cm³/mol. The summed E-state index contributed by atoms with van der Waals surface area (Å²) < 4.78 is 13.1. The molecule has 0 aromatic heterocycles. The summed E-state index contributed by atoms with van der Waals surface area (Å²) in [6, 6.07) is 5.93. The van der Waals surface area contributed by atoms with Crippen LogP contribution in [0.15, 0.2) is 18.2 Å². The van der Waals surface area contributed by atoms with E-state index >= 15 is 0 Å². The molecule has 2 nitrogen and oxygen atoms in total. The molecule has 2 bridgehead atoms. The topological polar surface area (TPSA) is 40.9 Å². The SMILES string of the molecule is N#CC(C(=O)C1CC2CCC1C2)c1ccc(F)cc1Cl. The molecule has 1 aromatic carbocycles. The molecule has 0 amide bonds. The van der Waals surface area contributed by atoms with Gasteiger partial charge in [-0.3, -0.25) is 4.79 Å². The van der Waals surface area contributed by atoms with Crippen molar-refractivity contribution in [3.8, 4) is 6.07 Å². The largest absolute Gasteiger partial charge is 0.298 e. The van der Waals surface area contributed by atoms with Crippen LogP contribution in [0, 0.1) is 34.9 Å². The second-order valence-electron chi connectivity index (χ2n) is 5.91. The molecule has 2 fully saturated rings. The van der Waals surface area contributed by atoms with Gasteiger partial charge in [-0.15, -0.1) is 0 Å². The Hall–Kier alpha value is -1.40. The lowest BCUT2D eigenvalue weighted by Gasteiger charge is -2.23. The van der Waals surface area contributed by atoms with E-state index in [2.05, 4.69) is 6.07 Å². The van der Waals surface area contributed by atoms with E-state index in [0.29, 0.717) is 17.4 Å². The van der Waals surface area contributed by atoms with Gasteiger partial charge in [0, 0.05) is 10.9 Å². The number of carbonyl (C=O) groups excluding carboxylic acids is 1. The average Bonchev–Trinajstić information content (AvgIpc) is 3.04. The molecule has 0 radical (unpaired) electrons. The van der Waals surface area contributed by atoms with Crippen molar-refractivity contribution in [3.05, 3.63) is 34.6 Å². The van der Waals surface area contributed by atoms with Gasteiger partial charge in [-0.2, -0.15) is 5.26 Å². The Kier molecular flexibility index (Phi) is 3.52. The van der Waals surface area contributed by atoms with E-state index in [0.717, 1.165) is 25.3 Å². The molecule has 4 unspecified atom stereocenters. The van der Waals surface area contributed by atoms with Crippen LogP contribution in [0.3, 0.4) is 0 Å². The number of ketones is 1. The summed E-state index contributed by atoms with van der Waals surface area (Å²) in [4.78, 5) is 12.6. The van der Waals surface area contributed by atoms with Crippen LogP contribution in [0.2, 0.25) is 5.02 Å². The minimum atomic E-state index is -0.868. The van der Waals surface area contributed by atoms with Crippen molar-refractivity contribution in [1.29, 1.82) is 5.26 Å². The fourth-order valence-corrected chi connectivity index (χ4v) is 4.11. The normalized spacial score (nSPS) is 29.1. The molecular weight excluding hydrogens is 277 g/mol. The number of carbonyl (C=O) groups is 1. The fraction of sp³-hybridized carbons (Fsp3) is 0.500. The van der Waals surface area contributed by atoms with E-state index in [1.165, 1.54) is 18.6 Å². The molecule has 104 valence electrons. The first-order chi connectivity index (χ1) is 9.60. The molecule has 0 saturated heterocycles. The van der Waals surface area contributed by atoms with Gasteiger partial charge in [0.2, 0.25) is 0 Å². The molecule has 2 aliphatic rings. The number of rotatable bonds is 3. The highest BCUT2D eigenvalue weighted by atomic mass is 35.5. The Morgan fingerprint density at radius 1 is 1.40 bits per heavy atom. The molecule has 3 rings (SSSR count). The number of fused-ring (bicyclic) bond motifs is 2. The van der Waals surface area contributed by atoms with E-state index in [1.807, 2.05) is 0 Å². The van der Waals surface area contributed by atoms with E-state index in [4.69, 9.17) is 11.6 Å². The second-order valence-corrected chi connectivity index (χ2v) is 6.32. The van der Waals surface area contributed by atoms with E-state index in [1.54, 1.807) is 0 Å². The first kappa shape index (κ1) is 13.6. The lowest BCUT2D eigenvalue weighted by Crippen LogP contribution is -2.26. The Labute approximate surface area is 122 Å². The van der Waals surface area contributed by atoms with Crippen LogP contribution >= 0.6 is 11.6 Å². The number of nitriles is 1. The summed E-state index contributed by atoms with van der Waals surface area (Å²) in [5.74, 6) is -0.289. The van der Waals surface area contributed by atoms with Gasteiger partial charge in [0.1, 0.15) is 11.7 Å². The Balaban J connectivity index is 1.86. The second kappa shape index (κ2) is 5.18. The summed E-state index contributed by atoms with van der Waals surface area (Å²) in [6.07, 6.45) is 4.32. The number of benzene rings is 1. The third-order valence-electron chi connectivity index (χ3n) is 4.79. The van der Waals surface area contributed by atoms with E-state index in [-0.39, 0.29) is 16.7 Å². The molecule has 0 heterocycles. The van der Waals surface area contributed by atoms with Crippen LogP contribution < -0.4 is 0 Å². The molecule has 1 aromatic rings. The molecule has 20 heavy (non-hydrogen) atoms. The van der Waals surface area contributed by atoms with Gasteiger partial charge in [0.05, 0.1) is 6.07 Å². The number of halogens is 2. The van der Waals surface area contributed by atoms with E-state index in [9.17, 15) is 14.4 Å². The maximum absolute atomic E-state index is 13.1. The molecular formula is C16H15ClFNO. The van der Waals surface area contributed by atoms with Crippen LogP contribution in [0.4, 0.5) is 4.39 Å². The monoisotopic (exact) mass is 291 g/mol. The van der Waals surface area contributed by atoms with Crippen LogP contribution in [0.5, 0.6) is 0 Å². The predicted octanol–water partition coefficient (Wildman–Crippen LogP) is 4.09. The number of Topliss-reactive ketones (excluding diaryl/α,β-unsaturated/α-hetero) is 1. The zero-order valence-corrected chi connectivity index (χ0v) is 11.7. The standard InChI is InChI=1S/C16H15ClFNO/c17-15-7-11(18)3-4-12(15)14(8-19)16(20)13-6-9-1-2-10(13)5-9/h3-4,7,9-10,13-14H,1-2,5-6H2. The summed E-state index contributed by atoms with van der Waals surface area (Å²) in [7, 11) is 0. The van der Waals surface area contributed by atoms with Crippen molar-refractivity contribution < 1.29 is 9.18 Å². The minimum absolute atomic E-state index is 0.0143. The van der Waals surface area contributed by atoms with Crippen LogP contribution in [-0.4, -0.2) is 5.78 Å². The van der Waals surface area contributed by atoms with Crippen molar-refractivity contribution in [2.75, 3.05) is 0 Å². The average molecular weight is 292 g/mol. The van der Waals surface area contributed by atoms with Gasteiger partial charge in [0.25, 0.3) is 0 Å². The first-order valence-electron chi connectivity index (χ1n) is 6.98. The zero-order valence-electron chi connectivity index (χ0n) is 11.0. The van der Waals surface area contributed by atoms with Crippen molar-refractivity contribution >= 4 is 17.4 Å². The molecule has 0 N–H and O–H groups in total. The van der Waals surface area contributed by atoms with Gasteiger partial charge in [-0.05, 0) is 48.8 Å². The van der Waals surface area contributed by atoms with Gasteiger partial charge >= 0.3 is 0 Å². The fourth-order valence-electron chi connectivity index (χ4n) is 3.83. The molecule has 0 spiro atoms. The van der Waals surface area contributed by atoms with Gasteiger partial charge in [-0.1, -0.05) is 24.1 Å². The Morgan fingerprint density at radius 3 is 2.75 bits per heavy atom. The summed E-state index contributed by atoms with van der Waals surface area (Å²) in [6.45, 7) is 0. The van der Waals surface area contributed by atoms with Crippen molar-refractivity contribution in [2.24, 2.45) is 17.8 Å². The zero-order chi connectivity index (χ0) is 14.3. The molecule has 2 aliphatic carbocycles. The van der Waals surface area contributed by atoms with Gasteiger partial charge in [-0.25, -0.2) is 4.39 Å². The highest BCUT2D eigenvalue weighted by Crippen LogP contribution is 2.50. The van der Waals surface area contributed by atoms with Crippen LogP contribution in [-0.2, 0) is 4.79 Å². The Bertz CT molecular complexity index is 595. The highest BCUT2D eigenvalue weighted by Gasteiger charge is 2.45. The first-order valence-corrected chi connectivity index (χ1v) is 7.36. The summed E-state index contributed by atoms with van der Waals surface area (Å²) in [5, 5.41) is 9.51. The number of hydrogen-bond acceptors (Lipinski definition) is 2. The smallest absolute Gasteiger partial charge is 0.157 e. The maximum Gasteiger partial charge on any atom is 0.157 e. The number of nitrogens with zero attached hydrogens (tertiary/aromatic N) is 1. The molecule has 0 aliphatic heterocycles. The van der Waals surface area contributed by atoms with Gasteiger partial charge < -0.3 is 0 Å². The molecule has 4 heteroatoms. The highest BCUT2D eigenvalue weighted by molar-refractivity contribution is 6.31. The molecule has 2 saturated carbocycles. The summed E-state index contributed by atoms with van der Waals surface area (Å²) in [5.41, 5.74) is 0.434. The third kappa shape index (κ3) is 2.23. The summed E-state index contributed by atoms with van der Waals surface area (Å²) >= 11 is 5.99. The minimum Gasteiger partial charge on any atom is -0.298 e. The van der Waals surface area contributed by atoms with Gasteiger partial charge in [0.15, 0.2) is 5.78 Å². The van der Waals surface area contributed by atoms with Crippen LogP contribution in [0.1, 0.15) is 37.2 Å². The maximum atomic E-state index is 13.1. The number of hydrogen-bond donors (Lipinski definition) is 0. The molecule has 4 atom stereocenters. The third-order valence-corrected chi connectivity index (χ3v) is 5.12.